The van der Waals surface area contributed by atoms with E-state index < -0.39 is 0 Å². The van der Waals surface area contributed by atoms with Gasteiger partial charge in [0.05, 0.1) is 17.6 Å². The Balaban J connectivity index is 1.53. The van der Waals surface area contributed by atoms with E-state index in [-0.39, 0.29) is 23.8 Å². The van der Waals surface area contributed by atoms with Gasteiger partial charge in [0.1, 0.15) is 0 Å². The Morgan fingerprint density at radius 3 is 2.75 bits per heavy atom. The van der Waals surface area contributed by atoms with Gasteiger partial charge in [-0.2, -0.15) is 0 Å². The highest BCUT2D eigenvalue weighted by atomic mass is 16.5. The molecule has 2 atom stereocenters. The zero-order chi connectivity index (χ0) is 17.1. The third-order valence-corrected chi connectivity index (χ3v) is 5.31. The smallest absolute Gasteiger partial charge is 0.255 e. The highest BCUT2D eigenvalue weighted by molar-refractivity contribution is 5.95. The molecule has 24 heavy (non-hydrogen) atoms. The Hall–Kier alpha value is -1.95. The normalized spacial score (nSPS) is 25.0. The number of hydrogen-bond acceptors (Lipinski definition) is 4. The average molecular weight is 331 g/mol. The van der Waals surface area contributed by atoms with Crippen LogP contribution in [-0.2, 0) is 9.53 Å². The van der Waals surface area contributed by atoms with E-state index in [4.69, 9.17) is 10.5 Å². The number of carbonyl (C=O) groups excluding carboxylic acids is 2. The van der Waals surface area contributed by atoms with Crippen LogP contribution in [0.5, 0.6) is 0 Å². The summed E-state index contributed by atoms with van der Waals surface area (Å²) in [6.45, 7) is 4.04. The van der Waals surface area contributed by atoms with Crippen LogP contribution in [-0.4, -0.2) is 47.5 Å². The van der Waals surface area contributed by atoms with E-state index in [9.17, 15) is 9.59 Å². The maximum Gasteiger partial charge on any atom is 0.255 e. The first-order valence-corrected chi connectivity index (χ1v) is 8.67. The molecule has 0 aromatic carbocycles. The van der Waals surface area contributed by atoms with E-state index in [1.54, 1.807) is 12.4 Å². The first-order chi connectivity index (χ1) is 11.6. The van der Waals surface area contributed by atoms with Gasteiger partial charge in [-0.05, 0) is 50.2 Å². The summed E-state index contributed by atoms with van der Waals surface area (Å²) in [5, 5.41) is 0. The summed E-state index contributed by atoms with van der Waals surface area (Å²) < 4.78 is 5.70. The van der Waals surface area contributed by atoms with Gasteiger partial charge >= 0.3 is 0 Å². The van der Waals surface area contributed by atoms with Crippen LogP contribution < -0.4 is 5.73 Å². The maximum absolute atomic E-state index is 12.6. The molecule has 0 spiro atoms. The van der Waals surface area contributed by atoms with Gasteiger partial charge < -0.3 is 15.4 Å². The molecular formula is C18H25N3O3. The highest BCUT2D eigenvalue weighted by Crippen LogP contribution is 2.31. The lowest BCUT2D eigenvalue weighted by Crippen LogP contribution is -2.40. The Morgan fingerprint density at radius 1 is 1.33 bits per heavy atom. The lowest BCUT2D eigenvalue weighted by molar-refractivity contribution is -0.123. The molecule has 0 radical (unpaired) electrons. The Morgan fingerprint density at radius 2 is 2.08 bits per heavy atom. The standard InChI is InChI=1S/C18H25N3O3/c1-12-2-6-20-11-15(12)18(23)21-7-3-13(4-8-21)10-16-14(17(19)22)5-9-24-16/h2,6,11,13-14,16H,3-5,7-10H2,1H3,(H2,19,22)/t14-,16-/m1/s1. The molecule has 1 aromatic heterocycles. The molecule has 0 aliphatic carbocycles. The number of rotatable bonds is 4. The molecule has 0 bridgehead atoms. The summed E-state index contributed by atoms with van der Waals surface area (Å²) in [4.78, 5) is 30.0. The summed E-state index contributed by atoms with van der Waals surface area (Å²) in [6.07, 6.45) is 6.78. The largest absolute Gasteiger partial charge is 0.377 e. The molecule has 2 N–H and O–H groups in total. The first-order valence-electron chi connectivity index (χ1n) is 8.67. The Labute approximate surface area is 142 Å². The van der Waals surface area contributed by atoms with Crippen molar-refractivity contribution >= 4 is 11.8 Å². The minimum atomic E-state index is -0.253. The predicted molar refractivity (Wildman–Crippen MR) is 89.3 cm³/mol. The van der Waals surface area contributed by atoms with Crippen LogP contribution in [0.4, 0.5) is 0 Å². The lowest BCUT2D eigenvalue weighted by Gasteiger charge is -2.33. The molecule has 3 rings (SSSR count). The summed E-state index contributed by atoms with van der Waals surface area (Å²) in [5.74, 6) is 0.139. The van der Waals surface area contributed by atoms with Gasteiger partial charge in [0.25, 0.3) is 5.91 Å². The quantitative estimate of drug-likeness (QED) is 0.906. The van der Waals surface area contributed by atoms with Crippen LogP contribution in [0.1, 0.15) is 41.6 Å². The van der Waals surface area contributed by atoms with Crippen LogP contribution in [0.2, 0.25) is 0 Å². The number of likely N-dealkylation sites (tertiary alicyclic amines) is 1. The van der Waals surface area contributed by atoms with E-state index in [1.807, 2.05) is 17.9 Å². The number of hydrogen-bond donors (Lipinski definition) is 1. The number of nitrogens with zero attached hydrogens (tertiary/aromatic N) is 2. The average Bonchev–Trinajstić information content (AvgIpc) is 3.04. The second kappa shape index (κ2) is 7.30. The lowest BCUT2D eigenvalue weighted by atomic mass is 9.86. The van der Waals surface area contributed by atoms with Crippen molar-refractivity contribution in [2.75, 3.05) is 19.7 Å². The van der Waals surface area contributed by atoms with E-state index in [2.05, 4.69) is 4.98 Å². The molecule has 1 aromatic rings. The van der Waals surface area contributed by atoms with Crippen molar-refractivity contribution in [3.8, 4) is 0 Å². The molecule has 2 saturated heterocycles. The van der Waals surface area contributed by atoms with Crippen LogP contribution in [0, 0.1) is 18.8 Å². The first kappa shape index (κ1) is 16.9. The van der Waals surface area contributed by atoms with Crippen molar-refractivity contribution < 1.29 is 14.3 Å². The number of primary amides is 1. The minimum Gasteiger partial charge on any atom is -0.377 e. The number of nitrogens with two attached hydrogens (primary N) is 1. The molecule has 130 valence electrons. The number of amides is 2. The van der Waals surface area contributed by atoms with Crippen molar-refractivity contribution in [3.63, 3.8) is 0 Å². The number of carbonyl (C=O) groups is 2. The van der Waals surface area contributed by atoms with Gasteiger partial charge in [-0.1, -0.05) is 0 Å². The van der Waals surface area contributed by atoms with Gasteiger partial charge in [-0.15, -0.1) is 0 Å². The molecule has 2 aliphatic rings. The fourth-order valence-electron chi connectivity index (χ4n) is 3.76. The highest BCUT2D eigenvalue weighted by Gasteiger charge is 2.35. The van der Waals surface area contributed by atoms with Gasteiger partial charge in [0.15, 0.2) is 0 Å². The topological polar surface area (TPSA) is 85.5 Å². The summed E-state index contributed by atoms with van der Waals surface area (Å²) in [6, 6.07) is 1.86. The fraction of sp³-hybridized carbons (Fsp3) is 0.611. The SMILES string of the molecule is Cc1ccncc1C(=O)N1CCC(C[C@H]2OCC[C@H]2C(N)=O)CC1. The van der Waals surface area contributed by atoms with E-state index in [0.717, 1.165) is 44.3 Å². The second-order valence-corrected chi connectivity index (χ2v) is 6.87. The zero-order valence-electron chi connectivity index (χ0n) is 14.1. The van der Waals surface area contributed by atoms with Crippen LogP contribution >= 0.6 is 0 Å². The van der Waals surface area contributed by atoms with Crippen LogP contribution in [0.25, 0.3) is 0 Å². The molecule has 3 heterocycles. The number of aryl methyl sites for hydroxylation is 1. The maximum atomic E-state index is 12.6. The van der Waals surface area contributed by atoms with Crippen molar-refractivity contribution in [3.05, 3.63) is 29.6 Å². The van der Waals surface area contributed by atoms with Crippen LogP contribution in [0.3, 0.4) is 0 Å². The van der Waals surface area contributed by atoms with E-state index in [0.29, 0.717) is 18.1 Å². The van der Waals surface area contributed by atoms with E-state index >= 15 is 0 Å². The second-order valence-electron chi connectivity index (χ2n) is 6.87. The fourth-order valence-corrected chi connectivity index (χ4v) is 3.76. The molecule has 0 saturated carbocycles. The zero-order valence-corrected chi connectivity index (χ0v) is 14.1. The summed E-state index contributed by atoms with van der Waals surface area (Å²) in [5.41, 5.74) is 7.10. The molecule has 6 nitrogen and oxygen atoms in total. The Kier molecular flexibility index (Phi) is 5.14. The minimum absolute atomic E-state index is 0.0460. The van der Waals surface area contributed by atoms with Gasteiger partial charge in [-0.3, -0.25) is 14.6 Å². The monoisotopic (exact) mass is 331 g/mol. The van der Waals surface area contributed by atoms with Crippen molar-refractivity contribution in [2.24, 2.45) is 17.6 Å². The van der Waals surface area contributed by atoms with Crippen molar-refractivity contribution in [1.29, 1.82) is 0 Å². The number of piperidine rings is 1. The molecule has 2 aliphatic heterocycles. The predicted octanol–water partition coefficient (Wildman–Crippen LogP) is 1.52. The number of pyridine rings is 1. The summed E-state index contributed by atoms with van der Waals surface area (Å²) >= 11 is 0. The molecule has 0 unspecified atom stereocenters. The van der Waals surface area contributed by atoms with Gasteiger partial charge in [0, 0.05) is 32.1 Å². The molecule has 6 heteroatoms. The molecule has 2 amide bonds. The summed E-state index contributed by atoms with van der Waals surface area (Å²) in [7, 11) is 0. The molecule has 2 fully saturated rings. The van der Waals surface area contributed by atoms with Gasteiger partial charge in [0.2, 0.25) is 5.91 Å². The van der Waals surface area contributed by atoms with Gasteiger partial charge in [-0.25, -0.2) is 0 Å². The van der Waals surface area contributed by atoms with Crippen LogP contribution in [0.15, 0.2) is 18.5 Å². The Bertz CT molecular complexity index is 611. The number of ether oxygens (including phenoxy) is 1. The van der Waals surface area contributed by atoms with Crippen molar-refractivity contribution in [1.82, 2.24) is 9.88 Å². The third kappa shape index (κ3) is 3.59. The third-order valence-electron chi connectivity index (χ3n) is 5.31. The van der Waals surface area contributed by atoms with E-state index in [1.165, 1.54) is 0 Å². The molecular weight excluding hydrogens is 306 g/mol. The van der Waals surface area contributed by atoms with Crippen molar-refractivity contribution in [2.45, 2.75) is 38.7 Å². The number of aromatic nitrogens is 1.